The summed E-state index contributed by atoms with van der Waals surface area (Å²) in [6, 6.07) is 35.2. The van der Waals surface area contributed by atoms with Crippen LogP contribution in [0, 0.1) is 0 Å². The van der Waals surface area contributed by atoms with E-state index in [1.807, 2.05) is 30.3 Å². The summed E-state index contributed by atoms with van der Waals surface area (Å²) in [4.78, 5) is 15.6. The minimum atomic E-state index is -0.803. The average Bonchev–Trinajstić information content (AvgIpc) is 3.43. The number of carboxylic acid groups (broad SMARTS) is 1. The van der Waals surface area contributed by atoms with Crippen molar-refractivity contribution in [2.24, 2.45) is 0 Å². The molecule has 1 aromatic heterocycles. The first kappa shape index (κ1) is 26.7. The lowest BCUT2D eigenvalue weighted by Gasteiger charge is -2.07. The van der Waals surface area contributed by atoms with Crippen molar-refractivity contribution in [3.05, 3.63) is 121 Å². The summed E-state index contributed by atoms with van der Waals surface area (Å²) in [5.74, 6) is 0.860. The number of benzene rings is 4. The molecule has 40 heavy (non-hydrogen) atoms. The number of imidazole rings is 1. The molecule has 1 heterocycles. The molecule has 0 aliphatic rings. The lowest BCUT2D eigenvalue weighted by molar-refractivity contribution is -0.137. The highest BCUT2D eigenvalue weighted by Crippen LogP contribution is 2.27. The molecule has 4 aromatic carbocycles. The second kappa shape index (κ2) is 12.8. The molecule has 0 aliphatic carbocycles. The molecule has 0 saturated carbocycles. The number of aromatic nitrogens is 2. The van der Waals surface area contributed by atoms with Gasteiger partial charge in [-0.3, -0.25) is 4.79 Å². The summed E-state index contributed by atoms with van der Waals surface area (Å²) < 4.78 is 7.80. The van der Waals surface area contributed by atoms with Crippen molar-refractivity contribution in [1.82, 2.24) is 9.55 Å². The average molecular weight is 529 g/mol. The molecule has 5 heteroatoms. The van der Waals surface area contributed by atoms with Gasteiger partial charge in [0.1, 0.15) is 11.6 Å². The summed E-state index contributed by atoms with van der Waals surface area (Å²) in [5.41, 5.74) is 7.75. The Labute approximate surface area is 235 Å². The van der Waals surface area contributed by atoms with Gasteiger partial charge in [-0.05, 0) is 65.4 Å². The summed E-state index contributed by atoms with van der Waals surface area (Å²) in [6.07, 6.45) is 6.89. The highest BCUT2D eigenvalue weighted by atomic mass is 16.5. The Morgan fingerprint density at radius 3 is 2.15 bits per heavy atom. The van der Waals surface area contributed by atoms with E-state index in [0.717, 1.165) is 46.1 Å². The monoisotopic (exact) mass is 528 g/mol. The molecule has 0 fully saturated rings. The predicted octanol–water partition coefficient (Wildman–Crippen LogP) is 8.32. The van der Waals surface area contributed by atoms with Crippen molar-refractivity contribution in [3.8, 4) is 39.3 Å². The fourth-order valence-electron chi connectivity index (χ4n) is 4.56. The van der Waals surface area contributed by atoms with Crippen molar-refractivity contribution in [3.63, 3.8) is 0 Å². The number of aryl methyl sites for hydroxylation is 1. The van der Waals surface area contributed by atoms with E-state index < -0.39 is 5.97 Å². The van der Waals surface area contributed by atoms with Crippen LogP contribution in [0.5, 0.6) is 5.75 Å². The quantitative estimate of drug-likeness (QED) is 0.175. The standard InChI is InChI=1S/C35H32N2O3/c1-2-37-25-33(31-11-6-10-30(24-31)27-8-4-3-5-9-27)36-34(37)22-15-26-13-16-28(17-14-26)29-18-20-32(21-19-29)40-23-7-12-35(38)39/h3-6,8-11,13-22,24-25H,2,7,12,23H2,1H3,(H,38,39)/b22-15+. The first-order chi connectivity index (χ1) is 19.6. The normalized spacial score (nSPS) is 11.1. The third kappa shape index (κ3) is 6.75. The van der Waals surface area contributed by atoms with Crippen LogP contribution < -0.4 is 4.74 Å². The van der Waals surface area contributed by atoms with Crippen molar-refractivity contribution in [1.29, 1.82) is 0 Å². The number of hydrogen-bond donors (Lipinski definition) is 1. The van der Waals surface area contributed by atoms with Crippen LogP contribution in [-0.2, 0) is 11.3 Å². The maximum Gasteiger partial charge on any atom is 0.303 e. The van der Waals surface area contributed by atoms with Crippen LogP contribution in [0.15, 0.2) is 109 Å². The lowest BCUT2D eigenvalue weighted by Crippen LogP contribution is -2.01. The minimum absolute atomic E-state index is 0.114. The molecular weight excluding hydrogens is 496 g/mol. The van der Waals surface area contributed by atoms with Crippen LogP contribution in [0.2, 0.25) is 0 Å². The first-order valence-corrected chi connectivity index (χ1v) is 13.6. The summed E-state index contributed by atoms with van der Waals surface area (Å²) in [6.45, 7) is 3.36. The Bertz CT molecular complexity index is 1580. The molecule has 0 radical (unpaired) electrons. The van der Waals surface area contributed by atoms with Gasteiger partial charge in [0.25, 0.3) is 0 Å². The second-order valence-electron chi connectivity index (χ2n) is 9.54. The van der Waals surface area contributed by atoms with Gasteiger partial charge in [0.2, 0.25) is 0 Å². The molecule has 0 atom stereocenters. The van der Waals surface area contributed by atoms with E-state index in [0.29, 0.717) is 13.0 Å². The molecule has 0 amide bonds. The van der Waals surface area contributed by atoms with E-state index in [1.165, 1.54) is 11.1 Å². The van der Waals surface area contributed by atoms with Gasteiger partial charge >= 0.3 is 5.97 Å². The van der Waals surface area contributed by atoms with Crippen LogP contribution >= 0.6 is 0 Å². The Hall–Kier alpha value is -4.90. The van der Waals surface area contributed by atoms with Crippen molar-refractivity contribution >= 4 is 18.1 Å². The Morgan fingerprint density at radius 1 is 0.800 bits per heavy atom. The molecule has 200 valence electrons. The van der Waals surface area contributed by atoms with E-state index >= 15 is 0 Å². The molecule has 0 unspecified atom stereocenters. The summed E-state index contributed by atoms with van der Waals surface area (Å²) >= 11 is 0. The van der Waals surface area contributed by atoms with Crippen molar-refractivity contribution in [2.75, 3.05) is 6.61 Å². The minimum Gasteiger partial charge on any atom is -0.494 e. The summed E-state index contributed by atoms with van der Waals surface area (Å²) in [7, 11) is 0. The molecule has 0 bridgehead atoms. The largest absolute Gasteiger partial charge is 0.494 e. The van der Waals surface area contributed by atoms with E-state index in [4.69, 9.17) is 14.8 Å². The number of ether oxygens (including phenoxy) is 1. The maximum atomic E-state index is 10.6. The number of nitrogens with zero attached hydrogens (tertiary/aromatic N) is 2. The molecule has 5 nitrogen and oxygen atoms in total. The van der Waals surface area contributed by atoms with E-state index in [2.05, 4.69) is 103 Å². The fourth-order valence-corrected chi connectivity index (χ4v) is 4.56. The van der Waals surface area contributed by atoms with Crippen LogP contribution in [0.3, 0.4) is 0 Å². The van der Waals surface area contributed by atoms with Gasteiger partial charge in [-0.1, -0.05) is 91.0 Å². The Kier molecular flexibility index (Phi) is 8.52. The zero-order chi connectivity index (χ0) is 27.7. The highest BCUT2D eigenvalue weighted by Gasteiger charge is 2.08. The summed E-state index contributed by atoms with van der Waals surface area (Å²) in [5, 5.41) is 8.73. The SMILES string of the molecule is CCn1cc(-c2cccc(-c3ccccc3)c2)nc1/C=C/c1ccc(-c2ccc(OCCCC(=O)O)cc2)cc1. The lowest BCUT2D eigenvalue weighted by atomic mass is 10.0. The number of carbonyl (C=O) groups is 1. The molecule has 1 N–H and O–H groups in total. The van der Waals surface area contributed by atoms with Gasteiger partial charge in [-0.15, -0.1) is 0 Å². The van der Waals surface area contributed by atoms with Crippen LogP contribution in [0.4, 0.5) is 0 Å². The molecule has 5 aromatic rings. The smallest absolute Gasteiger partial charge is 0.303 e. The van der Waals surface area contributed by atoms with Gasteiger partial charge in [0.05, 0.1) is 12.3 Å². The van der Waals surface area contributed by atoms with Gasteiger partial charge < -0.3 is 14.4 Å². The Balaban J connectivity index is 1.26. The molecule has 5 rings (SSSR count). The maximum absolute atomic E-state index is 10.6. The predicted molar refractivity (Wildman–Crippen MR) is 162 cm³/mol. The number of rotatable bonds is 11. The topological polar surface area (TPSA) is 64.4 Å². The van der Waals surface area contributed by atoms with Crippen LogP contribution in [-0.4, -0.2) is 27.2 Å². The van der Waals surface area contributed by atoms with E-state index in [-0.39, 0.29) is 6.42 Å². The van der Waals surface area contributed by atoms with Gasteiger partial charge in [0, 0.05) is 24.7 Å². The fraction of sp³-hybridized carbons (Fsp3) is 0.143. The number of carboxylic acids is 1. The van der Waals surface area contributed by atoms with E-state index in [1.54, 1.807) is 0 Å². The van der Waals surface area contributed by atoms with Crippen LogP contribution in [0.25, 0.3) is 45.7 Å². The number of hydrogen-bond acceptors (Lipinski definition) is 3. The molecule has 0 saturated heterocycles. The van der Waals surface area contributed by atoms with Gasteiger partial charge in [-0.2, -0.15) is 0 Å². The molecule has 0 spiro atoms. The molecule has 0 aliphatic heterocycles. The zero-order valence-electron chi connectivity index (χ0n) is 22.5. The zero-order valence-corrected chi connectivity index (χ0v) is 22.5. The van der Waals surface area contributed by atoms with Crippen molar-refractivity contribution < 1.29 is 14.6 Å². The molecular formula is C35H32N2O3. The third-order valence-corrected chi connectivity index (χ3v) is 6.74. The highest BCUT2D eigenvalue weighted by molar-refractivity contribution is 5.74. The van der Waals surface area contributed by atoms with Crippen LogP contribution in [0.1, 0.15) is 31.2 Å². The van der Waals surface area contributed by atoms with E-state index in [9.17, 15) is 4.79 Å². The van der Waals surface area contributed by atoms with Gasteiger partial charge in [-0.25, -0.2) is 4.98 Å². The number of aliphatic carboxylic acids is 1. The Morgan fingerprint density at radius 2 is 1.45 bits per heavy atom. The van der Waals surface area contributed by atoms with Crippen molar-refractivity contribution in [2.45, 2.75) is 26.3 Å². The first-order valence-electron chi connectivity index (χ1n) is 13.6. The second-order valence-corrected chi connectivity index (χ2v) is 9.54. The van der Waals surface area contributed by atoms with Gasteiger partial charge in [0.15, 0.2) is 0 Å². The third-order valence-electron chi connectivity index (χ3n) is 6.74.